The van der Waals surface area contributed by atoms with Crippen molar-refractivity contribution < 1.29 is 14.3 Å². The lowest BCUT2D eigenvalue weighted by molar-refractivity contribution is -0.120. The van der Waals surface area contributed by atoms with Crippen LogP contribution in [-0.4, -0.2) is 31.1 Å². The lowest BCUT2D eigenvalue weighted by Gasteiger charge is -2.15. The van der Waals surface area contributed by atoms with E-state index in [0.29, 0.717) is 30.0 Å². The molecule has 6 nitrogen and oxygen atoms in total. The normalized spacial score (nSPS) is 22.2. The number of amides is 2. The quantitative estimate of drug-likeness (QED) is 0.713. The summed E-state index contributed by atoms with van der Waals surface area (Å²) in [6.07, 6.45) is 0. The summed E-state index contributed by atoms with van der Waals surface area (Å²) < 4.78 is 5.16. The molecule has 1 aliphatic heterocycles. The maximum absolute atomic E-state index is 12.1. The molecule has 0 radical (unpaired) electrons. The first-order chi connectivity index (χ1) is 9.00. The molecule has 6 heteroatoms. The van der Waals surface area contributed by atoms with Gasteiger partial charge in [0.15, 0.2) is 0 Å². The molecule has 1 aromatic carbocycles. The molecule has 0 spiro atoms. The summed E-state index contributed by atoms with van der Waals surface area (Å²) >= 11 is 0. The Balaban J connectivity index is 2.17. The van der Waals surface area contributed by atoms with Gasteiger partial charge in [-0.3, -0.25) is 9.59 Å². The van der Waals surface area contributed by atoms with Gasteiger partial charge in [-0.05, 0) is 24.6 Å². The topological polar surface area (TPSA) is 107 Å². The molecule has 0 aromatic heterocycles. The van der Waals surface area contributed by atoms with Crippen molar-refractivity contribution in [2.45, 2.75) is 13.0 Å². The molecule has 2 amide bonds. The second kappa shape index (κ2) is 5.38. The van der Waals surface area contributed by atoms with Crippen LogP contribution in [0, 0.1) is 12.8 Å². The number of primary amides is 1. The fourth-order valence-electron chi connectivity index (χ4n) is 2.10. The third-order valence-electron chi connectivity index (χ3n) is 3.32. The van der Waals surface area contributed by atoms with Crippen molar-refractivity contribution in [3.8, 4) is 0 Å². The molecule has 2 atom stereocenters. The Labute approximate surface area is 111 Å². The Morgan fingerprint density at radius 3 is 2.68 bits per heavy atom. The van der Waals surface area contributed by atoms with Gasteiger partial charge in [-0.2, -0.15) is 0 Å². The van der Waals surface area contributed by atoms with Crippen LogP contribution >= 0.6 is 0 Å². The number of hydrogen-bond donors (Lipinski definition) is 3. The van der Waals surface area contributed by atoms with Gasteiger partial charge in [0.2, 0.25) is 11.8 Å². The molecule has 2 rings (SSSR count). The average molecular weight is 263 g/mol. The maximum Gasteiger partial charge on any atom is 0.249 e. The van der Waals surface area contributed by atoms with E-state index in [2.05, 4.69) is 5.32 Å². The number of anilines is 1. The Bertz CT molecular complexity index is 516. The van der Waals surface area contributed by atoms with Crippen molar-refractivity contribution in [2.75, 3.05) is 18.5 Å². The van der Waals surface area contributed by atoms with Crippen LogP contribution in [0.5, 0.6) is 0 Å². The van der Waals surface area contributed by atoms with E-state index in [-0.39, 0.29) is 17.9 Å². The zero-order chi connectivity index (χ0) is 14.0. The second-order valence-corrected chi connectivity index (χ2v) is 4.64. The number of carbonyl (C=O) groups is 2. The van der Waals surface area contributed by atoms with E-state index in [1.807, 2.05) is 0 Å². The number of rotatable bonds is 3. The molecule has 5 N–H and O–H groups in total. The van der Waals surface area contributed by atoms with Crippen molar-refractivity contribution in [2.24, 2.45) is 17.4 Å². The fourth-order valence-corrected chi connectivity index (χ4v) is 2.10. The van der Waals surface area contributed by atoms with E-state index in [9.17, 15) is 9.59 Å². The number of nitrogens with one attached hydrogen (secondary N) is 1. The molecular weight excluding hydrogens is 246 g/mol. The summed E-state index contributed by atoms with van der Waals surface area (Å²) in [5.41, 5.74) is 12.7. The van der Waals surface area contributed by atoms with Crippen LogP contribution < -0.4 is 16.8 Å². The highest BCUT2D eigenvalue weighted by Crippen LogP contribution is 2.21. The van der Waals surface area contributed by atoms with Crippen LogP contribution in [0.4, 0.5) is 5.69 Å². The molecule has 0 bridgehead atoms. The van der Waals surface area contributed by atoms with Gasteiger partial charge in [0.1, 0.15) is 0 Å². The van der Waals surface area contributed by atoms with E-state index in [1.165, 1.54) is 0 Å². The summed E-state index contributed by atoms with van der Waals surface area (Å²) in [4.78, 5) is 23.3. The van der Waals surface area contributed by atoms with Crippen LogP contribution in [0.2, 0.25) is 0 Å². The molecule has 2 unspecified atom stereocenters. The first-order valence-electron chi connectivity index (χ1n) is 6.04. The number of hydrogen-bond acceptors (Lipinski definition) is 4. The van der Waals surface area contributed by atoms with Crippen LogP contribution in [0.3, 0.4) is 0 Å². The first-order valence-corrected chi connectivity index (χ1v) is 6.04. The third kappa shape index (κ3) is 2.74. The molecule has 1 aliphatic rings. The Hall–Kier alpha value is -1.92. The van der Waals surface area contributed by atoms with E-state index in [4.69, 9.17) is 16.2 Å². The van der Waals surface area contributed by atoms with Gasteiger partial charge in [-0.15, -0.1) is 0 Å². The Kier molecular flexibility index (Phi) is 3.82. The van der Waals surface area contributed by atoms with Crippen LogP contribution in [0.15, 0.2) is 18.2 Å². The highest BCUT2D eigenvalue weighted by atomic mass is 16.5. The third-order valence-corrected chi connectivity index (χ3v) is 3.32. The lowest BCUT2D eigenvalue weighted by atomic mass is 10.0. The predicted octanol–water partition coefficient (Wildman–Crippen LogP) is 0.00612. The standard InChI is InChI=1S/C13H17N3O3/c1-7-8(12(15)17)3-2-4-11(7)16-13(18)9-5-19-6-10(9)14/h2-4,9-10H,5-6,14H2,1H3,(H2,15,17)(H,16,18). The summed E-state index contributed by atoms with van der Waals surface area (Å²) in [7, 11) is 0. The van der Waals surface area contributed by atoms with Gasteiger partial charge in [0, 0.05) is 17.3 Å². The number of carbonyl (C=O) groups excluding carboxylic acids is 2. The summed E-state index contributed by atoms with van der Waals surface area (Å²) in [6, 6.07) is 4.73. The molecule has 1 aromatic rings. The van der Waals surface area contributed by atoms with Crippen molar-refractivity contribution in [1.29, 1.82) is 0 Å². The van der Waals surface area contributed by atoms with E-state index in [1.54, 1.807) is 25.1 Å². The highest BCUT2D eigenvalue weighted by molar-refractivity contribution is 5.99. The second-order valence-electron chi connectivity index (χ2n) is 4.64. The Morgan fingerprint density at radius 1 is 1.37 bits per heavy atom. The predicted molar refractivity (Wildman–Crippen MR) is 70.6 cm³/mol. The van der Waals surface area contributed by atoms with Crippen LogP contribution in [0.1, 0.15) is 15.9 Å². The largest absolute Gasteiger partial charge is 0.379 e. The molecule has 102 valence electrons. The fraction of sp³-hybridized carbons (Fsp3) is 0.385. The minimum Gasteiger partial charge on any atom is -0.379 e. The average Bonchev–Trinajstić information content (AvgIpc) is 2.77. The first kappa shape index (κ1) is 13.5. The monoisotopic (exact) mass is 263 g/mol. The number of nitrogens with two attached hydrogens (primary N) is 2. The van der Waals surface area contributed by atoms with Crippen molar-refractivity contribution in [1.82, 2.24) is 0 Å². The minimum absolute atomic E-state index is 0.199. The Morgan fingerprint density at radius 2 is 2.11 bits per heavy atom. The van der Waals surface area contributed by atoms with Gasteiger partial charge in [0.25, 0.3) is 0 Å². The smallest absolute Gasteiger partial charge is 0.249 e. The molecule has 1 saturated heterocycles. The molecule has 0 aliphatic carbocycles. The van der Waals surface area contributed by atoms with Crippen LogP contribution in [-0.2, 0) is 9.53 Å². The lowest BCUT2D eigenvalue weighted by Crippen LogP contribution is -2.37. The highest BCUT2D eigenvalue weighted by Gasteiger charge is 2.31. The summed E-state index contributed by atoms with van der Waals surface area (Å²) in [6.45, 7) is 2.45. The van der Waals surface area contributed by atoms with Crippen LogP contribution in [0.25, 0.3) is 0 Å². The van der Waals surface area contributed by atoms with Crippen molar-refractivity contribution >= 4 is 17.5 Å². The van der Waals surface area contributed by atoms with Gasteiger partial charge in [-0.1, -0.05) is 6.07 Å². The molecule has 1 heterocycles. The van der Waals surface area contributed by atoms with Gasteiger partial charge >= 0.3 is 0 Å². The molecular formula is C13H17N3O3. The van der Waals surface area contributed by atoms with E-state index < -0.39 is 5.91 Å². The molecule has 1 fully saturated rings. The number of benzene rings is 1. The number of ether oxygens (including phenoxy) is 1. The van der Waals surface area contributed by atoms with Crippen molar-refractivity contribution in [3.63, 3.8) is 0 Å². The summed E-state index contributed by atoms with van der Waals surface area (Å²) in [5, 5.41) is 2.77. The van der Waals surface area contributed by atoms with E-state index in [0.717, 1.165) is 0 Å². The SMILES string of the molecule is Cc1c(NC(=O)C2COCC2N)cccc1C(N)=O. The molecule has 0 saturated carbocycles. The zero-order valence-corrected chi connectivity index (χ0v) is 10.7. The maximum atomic E-state index is 12.1. The van der Waals surface area contributed by atoms with E-state index >= 15 is 0 Å². The van der Waals surface area contributed by atoms with Crippen molar-refractivity contribution in [3.05, 3.63) is 29.3 Å². The molecule has 19 heavy (non-hydrogen) atoms. The minimum atomic E-state index is -0.519. The van der Waals surface area contributed by atoms with Gasteiger partial charge in [0.05, 0.1) is 19.1 Å². The van der Waals surface area contributed by atoms with Gasteiger partial charge in [-0.25, -0.2) is 0 Å². The zero-order valence-electron chi connectivity index (χ0n) is 10.7. The summed E-state index contributed by atoms with van der Waals surface area (Å²) in [5.74, 6) is -1.08. The van der Waals surface area contributed by atoms with Gasteiger partial charge < -0.3 is 21.5 Å².